The van der Waals surface area contributed by atoms with Crippen molar-refractivity contribution in [1.82, 2.24) is 4.31 Å². The zero-order valence-electron chi connectivity index (χ0n) is 17.7. The number of rotatable bonds is 6. The fourth-order valence-electron chi connectivity index (χ4n) is 3.65. The third-order valence-corrected chi connectivity index (χ3v) is 7.56. The number of anilines is 1. The van der Waals surface area contributed by atoms with Crippen molar-refractivity contribution in [3.8, 4) is 11.5 Å². The topological polar surface area (TPSA) is 111 Å². The molecule has 0 aliphatic carbocycles. The number of benzene rings is 2. The summed E-state index contributed by atoms with van der Waals surface area (Å²) in [6.07, 6.45) is 0.614. The van der Waals surface area contributed by atoms with Crippen LogP contribution in [0, 0.1) is 5.92 Å². The Morgan fingerprint density at radius 2 is 1.70 bits per heavy atom. The summed E-state index contributed by atoms with van der Waals surface area (Å²) in [5, 5.41) is 3.16. The first-order valence-electron chi connectivity index (χ1n) is 10.4. The molecule has 2 aromatic carbocycles. The molecule has 0 atom stereocenters. The third kappa shape index (κ3) is 5.58. The lowest BCUT2D eigenvalue weighted by Gasteiger charge is -2.30. The number of sulfonamides is 1. The van der Waals surface area contributed by atoms with Crippen molar-refractivity contribution in [3.63, 3.8) is 0 Å². The Morgan fingerprint density at radius 3 is 2.39 bits per heavy atom. The van der Waals surface area contributed by atoms with Gasteiger partial charge in [0.05, 0.1) is 10.8 Å². The molecule has 33 heavy (non-hydrogen) atoms. The summed E-state index contributed by atoms with van der Waals surface area (Å²) in [6.45, 7) is 0.714. The van der Waals surface area contributed by atoms with E-state index in [0.29, 0.717) is 48.3 Å². The highest BCUT2D eigenvalue weighted by molar-refractivity contribution is 7.89. The number of amides is 1. The highest BCUT2D eigenvalue weighted by Crippen LogP contribution is 2.34. The molecule has 0 bridgehead atoms. The number of hydrogen-bond donors (Lipinski definition) is 1. The lowest BCUT2D eigenvalue weighted by Crippen LogP contribution is -2.41. The van der Waals surface area contributed by atoms with Crippen LogP contribution in [0.5, 0.6) is 11.5 Å². The van der Waals surface area contributed by atoms with Crippen LogP contribution in [-0.2, 0) is 24.3 Å². The molecule has 0 unspecified atom stereocenters. The summed E-state index contributed by atoms with van der Waals surface area (Å²) < 4.78 is 43.4. The van der Waals surface area contributed by atoms with Crippen LogP contribution in [0.3, 0.4) is 0 Å². The number of esters is 1. The molecule has 11 heteroatoms. The zero-order chi connectivity index (χ0) is 23.4. The summed E-state index contributed by atoms with van der Waals surface area (Å²) in [6, 6.07) is 11.1. The molecule has 1 amide bonds. The first-order valence-corrected chi connectivity index (χ1v) is 12.3. The molecular formula is C22H23ClN2O7S. The molecule has 176 valence electrons. The Bertz CT molecular complexity index is 1130. The maximum Gasteiger partial charge on any atom is 0.309 e. The molecule has 2 aliphatic heterocycles. The smallest absolute Gasteiger partial charge is 0.309 e. The molecule has 0 radical (unpaired) electrons. The average molecular weight is 495 g/mol. The van der Waals surface area contributed by atoms with Gasteiger partial charge < -0.3 is 19.5 Å². The van der Waals surface area contributed by atoms with Gasteiger partial charge in [0.15, 0.2) is 18.1 Å². The molecule has 2 heterocycles. The van der Waals surface area contributed by atoms with Gasteiger partial charge in [0.1, 0.15) is 13.2 Å². The molecule has 1 fully saturated rings. The third-order valence-electron chi connectivity index (χ3n) is 5.41. The molecule has 1 saturated heterocycles. The Kier molecular flexibility index (Phi) is 7.06. The normalized spacial score (nSPS) is 16.8. The van der Waals surface area contributed by atoms with Crippen LogP contribution in [0.15, 0.2) is 47.4 Å². The Morgan fingerprint density at radius 1 is 1.03 bits per heavy atom. The summed E-state index contributed by atoms with van der Waals surface area (Å²) in [4.78, 5) is 24.5. The number of carbonyl (C=O) groups is 2. The largest absolute Gasteiger partial charge is 0.486 e. The highest BCUT2D eigenvalue weighted by atomic mass is 35.5. The van der Waals surface area contributed by atoms with Crippen molar-refractivity contribution < 1.29 is 32.2 Å². The Balaban J connectivity index is 1.27. The maximum absolute atomic E-state index is 13.0. The Hall–Kier alpha value is -2.82. The monoisotopic (exact) mass is 494 g/mol. The first kappa shape index (κ1) is 23.3. The number of carbonyl (C=O) groups excluding carboxylic acids is 2. The van der Waals surface area contributed by atoms with E-state index >= 15 is 0 Å². The van der Waals surface area contributed by atoms with Crippen LogP contribution >= 0.6 is 11.6 Å². The van der Waals surface area contributed by atoms with Gasteiger partial charge in [-0.1, -0.05) is 11.6 Å². The van der Waals surface area contributed by atoms with Gasteiger partial charge in [-0.05, 0) is 49.2 Å². The predicted molar refractivity (Wildman–Crippen MR) is 120 cm³/mol. The second-order valence-corrected chi connectivity index (χ2v) is 10.0. The average Bonchev–Trinajstić information content (AvgIpc) is 2.83. The van der Waals surface area contributed by atoms with Crippen LogP contribution < -0.4 is 14.8 Å². The van der Waals surface area contributed by atoms with Gasteiger partial charge in [0.2, 0.25) is 10.0 Å². The van der Waals surface area contributed by atoms with Gasteiger partial charge in [-0.2, -0.15) is 4.31 Å². The standard InChI is InChI=1S/C22H23ClN2O7S/c23-16-1-3-17(4-2-16)24-21(26)14-32-22(27)15-7-9-25(10-8-15)33(28,29)18-5-6-19-20(13-18)31-12-11-30-19/h1-6,13,15H,7-12,14H2,(H,24,26). The molecular weight excluding hydrogens is 472 g/mol. The van der Waals surface area contributed by atoms with Gasteiger partial charge in [0.25, 0.3) is 5.91 Å². The van der Waals surface area contributed by atoms with E-state index in [-0.39, 0.29) is 18.0 Å². The molecule has 0 aromatic heterocycles. The molecule has 1 N–H and O–H groups in total. The van der Waals surface area contributed by atoms with E-state index in [0.717, 1.165) is 0 Å². The summed E-state index contributed by atoms with van der Waals surface area (Å²) in [5.74, 6) is -0.540. The fourth-order valence-corrected chi connectivity index (χ4v) is 5.26. The lowest BCUT2D eigenvalue weighted by atomic mass is 9.98. The second kappa shape index (κ2) is 9.98. The molecule has 2 aromatic rings. The summed E-state index contributed by atoms with van der Waals surface area (Å²) >= 11 is 5.80. The van der Waals surface area contributed by atoms with Gasteiger partial charge in [-0.25, -0.2) is 8.42 Å². The van der Waals surface area contributed by atoms with Gasteiger partial charge in [0, 0.05) is 29.9 Å². The van der Waals surface area contributed by atoms with Gasteiger partial charge in [-0.3, -0.25) is 9.59 Å². The summed E-state index contributed by atoms with van der Waals surface area (Å²) in [7, 11) is -3.74. The summed E-state index contributed by atoms with van der Waals surface area (Å²) in [5.41, 5.74) is 0.540. The van der Waals surface area contributed by atoms with Crippen LogP contribution in [0.4, 0.5) is 5.69 Å². The fraction of sp³-hybridized carbons (Fsp3) is 0.364. The van der Waals surface area contributed by atoms with Crippen molar-refractivity contribution >= 4 is 39.2 Å². The first-order chi connectivity index (χ1) is 15.8. The van der Waals surface area contributed by atoms with Crippen LogP contribution in [0.1, 0.15) is 12.8 Å². The van der Waals surface area contributed by atoms with Gasteiger partial charge >= 0.3 is 5.97 Å². The van der Waals surface area contributed by atoms with Gasteiger partial charge in [-0.15, -0.1) is 0 Å². The zero-order valence-corrected chi connectivity index (χ0v) is 19.2. The number of nitrogens with one attached hydrogen (secondary N) is 1. The number of piperidine rings is 1. The number of ether oxygens (including phenoxy) is 3. The van der Waals surface area contributed by atoms with E-state index in [2.05, 4.69) is 5.32 Å². The van der Waals surface area contributed by atoms with Crippen LogP contribution in [0.25, 0.3) is 0 Å². The maximum atomic E-state index is 13.0. The molecule has 4 rings (SSSR count). The van der Waals surface area contributed by atoms with Crippen molar-refractivity contribution in [1.29, 1.82) is 0 Å². The molecule has 0 spiro atoms. The van der Waals surface area contributed by atoms with Crippen molar-refractivity contribution in [3.05, 3.63) is 47.5 Å². The number of fused-ring (bicyclic) bond motifs is 1. The van der Waals surface area contributed by atoms with Crippen LogP contribution in [-0.4, -0.2) is 57.5 Å². The van der Waals surface area contributed by atoms with Crippen molar-refractivity contribution in [2.24, 2.45) is 5.92 Å². The SMILES string of the molecule is O=C(COC(=O)C1CCN(S(=O)(=O)c2ccc3c(c2)OCCO3)CC1)Nc1ccc(Cl)cc1. The lowest BCUT2D eigenvalue weighted by molar-refractivity contribution is -0.152. The van der Waals surface area contributed by atoms with E-state index in [4.69, 9.17) is 25.8 Å². The predicted octanol–water partition coefficient (Wildman–Crippen LogP) is 2.69. The van der Waals surface area contributed by atoms with E-state index in [9.17, 15) is 18.0 Å². The van der Waals surface area contributed by atoms with E-state index in [1.807, 2.05) is 0 Å². The highest BCUT2D eigenvalue weighted by Gasteiger charge is 2.33. The van der Waals surface area contributed by atoms with Crippen molar-refractivity contribution in [2.45, 2.75) is 17.7 Å². The van der Waals surface area contributed by atoms with E-state index in [1.165, 1.54) is 16.4 Å². The second-order valence-electron chi connectivity index (χ2n) is 7.65. The molecule has 2 aliphatic rings. The minimum Gasteiger partial charge on any atom is -0.486 e. The van der Waals surface area contributed by atoms with Crippen LogP contribution in [0.2, 0.25) is 5.02 Å². The van der Waals surface area contributed by atoms with E-state index in [1.54, 1.807) is 30.3 Å². The van der Waals surface area contributed by atoms with E-state index < -0.39 is 34.4 Å². The quantitative estimate of drug-likeness (QED) is 0.614. The number of nitrogens with zero attached hydrogens (tertiary/aromatic N) is 1. The number of hydrogen-bond acceptors (Lipinski definition) is 7. The number of halogens is 1. The minimum absolute atomic E-state index is 0.117. The van der Waals surface area contributed by atoms with Crippen molar-refractivity contribution in [2.75, 3.05) is 38.2 Å². The molecule has 9 nitrogen and oxygen atoms in total. The Labute approximate surface area is 196 Å². The minimum atomic E-state index is -3.74. The molecule has 0 saturated carbocycles.